The van der Waals surface area contributed by atoms with Crippen molar-refractivity contribution in [1.82, 2.24) is 4.98 Å². The van der Waals surface area contributed by atoms with Crippen LogP contribution in [0.1, 0.15) is 12.0 Å². The number of nitrogens with zero attached hydrogens (tertiary/aromatic N) is 5. The van der Waals surface area contributed by atoms with E-state index in [4.69, 9.17) is 10.4 Å². The molecule has 0 radical (unpaired) electrons. The fourth-order valence-electron chi connectivity index (χ4n) is 2.19. The number of azide groups is 1. The minimum absolute atomic E-state index is 0.161. The van der Waals surface area contributed by atoms with E-state index >= 15 is 0 Å². The van der Waals surface area contributed by atoms with Gasteiger partial charge in [-0.25, -0.2) is 0 Å². The summed E-state index contributed by atoms with van der Waals surface area (Å²) in [6.07, 6.45) is 2.27. The average molecular weight is 279 g/mol. The van der Waals surface area contributed by atoms with E-state index in [0.29, 0.717) is 13.0 Å². The first-order valence-corrected chi connectivity index (χ1v) is 6.62. The molecule has 2 aromatic rings. The van der Waals surface area contributed by atoms with Gasteiger partial charge in [0.25, 0.3) is 0 Å². The van der Waals surface area contributed by atoms with Gasteiger partial charge in [-0.2, -0.15) is 0 Å². The zero-order valence-electron chi connectivity index (χ0n) is 11.3. The van der Waals surface area contributed by atoms with Crippen LogP contribution in [-0.4, -0.2) is 23.3 Å². The lowest BCUT2D eigenvalue weighted by Gasteiger charge is -2.04. The third-order valence-corrected chi connectivity index (χ3v) is 3.26. The van der Waals surface area contributed by atoms with Gasteiger partial charge in [-0.1, -0.05) is 40.6 Å². The highest BCUT2D eigenvalue weighted by atomic mass is 16.6. The second-order valence-electron chi connectivity index (χ2n) is 4.68. The summed E-state index contributed by atoms with van der Waals surface area (Å²) in [5, 5.41) is 7.57. The first-order valence-electron chi connectivity index (χ1n) is 6.62. The minimum atomic E-state index is -0.161. The lowest BCUT2D eigenvalue weighted by molar-refractivity contribution is 0.0919. The van der Waals surface area contributed by atoms with Gasteiger partial charge >= 0.3 is 0 Å². The van der Waals surface area contributed by atoms with Crippen LogP contribution in [0.5, 0.6) is 0 Å². The largest absolute Gasteiger partial charge is 0.392 e. The predicted molar refractivity (Wildman–Crippen MR) is 79.7 cm³/mol. The van der Waals surface area contributed by atoms with Gasteiger partial charge in [-0.3, -0.25) is 4.98 Å². The zero-order valence-corrected chi connectivity index (χ0v) is 11.3. The van der Waals surface area contributed by atoms with Crippen molar-refractivity contribution in [3.05, 3.63) is 64.7 Å². The van der Waals surface area contributed by atoms with Crippen LogP contribution < -0.4 is 0 Å². The van der Waals surface area contributed by atoms with E-state index in [0.717, 1.165) is 22.5 Å². The lowest BCUT2D eigenvalue weighted by atomic mass is 10.0. The summed E-state index contributed by atoms with van der Waals surface area (Å²) >= 11 is 0. The van der Waals surface area contributed by atoms with Crippen molar-refractivity contribution < 1.29 is 4.84 Å². The molecular weight excluding hydrogens is 266 g/mol. The van der Waals surface area contributed by atoms with E-state index < -0.39 is 0 Å². The molecule has 6 nitrogen and oxygen atoms in total. The zero-order chi connectivity index (χ0) is 14.5. The number of oxime groups is 1. The number of benzene rings is 1. The summed E-state index contributed by atoms with van der Waals surface area (Å²) in [4.78, 5) is 12.3. The van der Waals surface area contributed by atoms with Gasteiger partial charge in [0.1, 0.15) is 6.10 Å². The average Bonchev–Trinajstić information content (AvgIpc) is 3.03. The van der Waals surface area contributed by atoms with Crippen molar-refractivity contribution in [2.24, 2.45) is 10.3 Å². The van der Waals surface area contributed by atoms with Gasteiger partial charge in [0.2, 0.25) is 0 Å². The summed E-state index contributed by atoms with van der Waals surface area (Å²) in [5.74, 6) is 0. The molecule has 1 atom stereocenters. The Morgan fingerprint density at radius 2 is 2.00 bits per heavy atom. The number of hydrogen-bond acceptors (Lipinski definition) is 4. The topological polar surface area (TPSA) is 83.2 Å². The van der Waals surface area contributed by atoms with Crippen LogP contribution in [0.15, 0.2) is 58.9 Å². The Hall–Kier alpha value is -2.85. The van der Waals surface area contributed by atoms with Gasteiger partial charge in [-0.15, -0.1) is 0 Å². The molecular formula is C15H13N5O. The Bertz CT molecular complexity index is 690. The second-order valence-corrected chi connectivity index (χ2v) is 4.68. The van der Waals surface area contributed by atoms with Crippen LogP contribution >= 0.6 is 0 Å². The standard InChI is InChI=1S/C15H13N5O/c16-20-18-10-13-9-15(19-21-13)12-6-4-11(5-7-12)14-3-1-2-8-17-14/h1-8,13H,9-10H2. The Labute approximate surface area is 121 Å². The van der Waals surface area contributed by atoms with Crippen LogP contribution in [0.2, 0.25) is 0 Å². The molecule has 1 aliphatic heterocycles. The first kappa shape index (κ1) is 13.1. The molecule has 0 spiro atoms. The Kier molecular flexibility index (Phi) is 3.80. The maximum Gasteiger partial charge on any atom is 0.138 e. The van der Waals surface area contributed by atoms with Crippen LogP contribution in [0.25, 0.3) is 21.7 Å². The van der Waals surface area contributed by atoms with Crippen molar-refractivity contribution in [2.45, 2.75) is 12.5 Å². The quantitative estimate of drug-likeness (QED) is 0.487. The molecule has 1 aromatic heterocycles. The molecule has 1 aromatic carbocycles. The molecule has 1 aliphatic rings. The molecule has 0 N–H and O–H groups in total. The van der Waals surface area contributed by atoms with E-state index in [2.05, 4.69) is 20.2 Å². The molecule has 104 valence electrons. The summed E-state index contributed by atoms with van der Waals surface area (Å²) in [5.41, 5.74) is 12.2. The Balaban J connectivity index is 1.72. The fraction of sp³-hybridized carbons (Fsp3) is 0.200. The van der Waals surface area contributed by atoms with Crippen LogP contribution in [0.3, 0.4) is 0 Å². The summed E-state index contributed by atoms with van der Waals surface area (Å²) in [6, 6.07) is 13.9. The lowest BCUT2D eigenvalue weighted by Crippen LogP contribution is -2.11. The Morgan fingerprint density at radius 1 is 1.19 bits per heavy atom. The maximum atomic E-state index is 8.31. The normalized spacial score (nSPS) is 16.8. The first-order chi connectivity index (χ1) is 10.4. The van der Waals surface area contributed by atoms with E-state index in [9.17, 15) is 0 Å². The molecule has 0 saturated carbocycles. The number of hydrogen-bond donors (Lipinski definition) is 0. The van der Waals surface area contributed by atoms with Crippen LogP contribution in [0, 0.1) is 0 Å². The second kappa shape index (κ2) is 6.07. The summed E-state index contributed by atoms with van der Waals surface area (Å²) in [6.45, 7) is 0.301. The van der Waals surface area contributed by atoms with E-state index in [1.54, 1.807) is 6.20 Å². The monoisotopic (exact) mass is 279 g/mol. The SMILES string of the molecule is [N-]=[N+]=NCC1CC(c2ccc(-c3ccccn3)cc2)=NO1. The van der Waals surface area contributed by atoms with Crippen molar-refractivity contribution in [3.8, 4) is 11.3 Å². The van der Waals surface area contributed by atoms with Crippen molar-refractivity contribution in [2.75, 3.05) is 6.54 Å². The molecule has 21 heavy (non-hydrogen) atoms. The number of pyridine rings is 1. The number of rotatable bonds is 4. The third-order valence-electron chi connectivity index (χ3n) is 3.26. The van der Waals surface area contributed by atoms with Crippen molar-refractivity contribution in [3.63, 3.8) is 0 Å². The molecule has 0 bridgehead atoms. The van der Waals surface area contributed by atoms with E-state index in [1.807, 2.05) is 42.5 Å². The molecule has 6 heteroatoms. The van der Waals surface area contributed by atoms with E-state index in [-0.39, 0.29) is 6.10 Å². The van der Waals surface area contributed by atoms with Gasteiger partial charge in [0.05, 0.1) is 18.0 Å². The number of aromatic nitrogens is 1. The Morgan fingerprint density at radius 3 is 2.71 bits per heavy atom. The fourth-order valence-corrected chi connectivity index (χ4v) is 2.19. The van der Waals surface area contributed by atoms with Crippen LogP contribution in [-0.2, 0) is 4.84 Å². The van der Waals surface area contributed by atoms with Crippen molar-refractivity contribution >= 4 is 5.71 Å². The highest BCUT2D eigenvalue weighted by Crippen LogP contribution is 2.21. The molecule has 0 amide bonds. The molecule has 0 aliphatic carbocycles. The van der Waals surface area contributed by atoms with Crippen LogP contribution in [0.4, 0.5) is 0 Å². The third kappa shape index (κ3) is 3.01. The highest BCUT2D eigenvalue weighted by molar-refractivity contribution is 6.01. The highest BCUT2D eigenvalue weighted by Gasteiger charge is 2.21. The van der Waals surface area contributed by atoms with Gasteiger partial charge < -0.3 is 4.84 Å². The molecule has 1 unspecified atom stereocenters. The minimum Gasteiger partial charge on any atom is -0.392 e. The smallest absolute Gasteiger partial charge is 0.138 e. The maximum absolute atomic E-state index is 8.31. The molecule has 0 fully saturated rings. The summed E-state index contributed by atoms with van der Waals surface area (Å²) < 4.78 is 0. The predicted octanol–water partition coefficient (Wildman–Crippen LogP) is 3.55. The van der Waals surface area contributed by atoms with Gasteiger partial charge in [0.15, 0.2) is 0 Å². The molecule has 2 heterocycles. The molecule has 3 rings (SSSR count). The van der Waals surface area contributed by atoms with Gasteiger partial charge in [-0.05, 0) is 23.2 Å². The van der Waals surface area contributed by atoms with Gasteiger partial charge in [0, 0.05) is 23.1 Å². The van der Waals surface area contributed by atoms with E-state index in [1.165, 1.54) is 0 Å². The van der Waals surface area contributed by atoms with Crippen molar-refractivity contribution in [1.29, 1.82) is 0 Å². The molecule has 0 saturated heterocycles. The summed E-state index contributed by atoms with van der Waals surface area (Å²) in [7, 11) is 0.